The third kappa shape index (κ3) is 7.55. The maximum absolute atomic E-state index is 10.7. The van der Waals surface area contributed by atoms with Crippen LogP contribution in [0.3, 0.4) is 0 Å². The molecular weight excluding hydrogens is 170 g/mol. The van der Waals surface area contributed by atoms with E-state index < -0.39 is 6.10 Å². The summed E-state index contributed by atoms with van der Waals surface area (Å²) in [5, 5.41) is 14.2. The molecule has 0 aromatic heterocycles. The van der Waals surface area contributed by atoms with Crippen LogP contribution in [0.1, 0.15) is 19.3 Å². The predicted molar refractivity (Wildman–Crippen MR) is 51.4 cm³/mol. The highest BCUT2D eigenvalue weighted by Gasteiger charge is 2.00. The maximum Gasteiger partial charge on any atom is 0.314 e. The number of amides is 2. The van der Waals surface area contributed by atoms with Gasteiger partial charge in [-0.3, -0.25) is 0 Å². The number of rotatable bonds is 6. The number of urea groups is 1. The predicted octanol–water partition coefficient (Wildman–Crippen LogP) is -0.595. The van der Waals surface area contributed by atoms with Crippen molar-refractivity contribution in [3.8, 4) is 0 Å². The first-order valence-electron chi connectivity index (χ1n) is 4.54. The van der Waals surface area contributed by atoms with Crippen molar-refractivity contribution < 1.29 is 9.90 Å². The zero-order valence-electron chi connectivity index (χ0n) is 8.05. The maximum atomic E-state index is 10.7. The van der Waals surface area contributed by atoms with Crippen LogP contribution >= 0.6 is 0 Å². The summed E-state index contributed by atoms with van der Waals surface area (Å²) in [5.41, 5.74) is 5.23. The second kappa shape index (κ2) is 7.82. The second-order valence-corrected chi connectivity index (χ2v) is 2.89. The van der Waals surface area contributed by atoms with Crippen LogP contribution in [0.4, 0.5) is 4.79 Å². The summed E-state index contributed by atoms with van der Waals surface area (Å²) in [7, 11) is 1.58. The lowest BCUT2D eigenvalue weighted by atomic mass is 10.1. The molecule has 0 spiro atoms. The number of unbranched alkanes of at least 4 members (excludes halogenated alkanes) is 1. The molecule has 5 N–H and O–H groups in total. The Morgan fingerprint density at radius 1 is 1.54 bits per heavy atom. The Morgan fingerprint density at radius 2 is 2.23 bits per heavy atom. The van der Waals surface area contributed by atoms with Crippen molar-refractivity contribution in [3.63, 3.8) is 0 Å². The molecule has 78 valence electrons. The summed E-state index contributed by atoms with van der Waals surface area (Å²) in [6.07, 6.45) is 2.04. The van der Waals surface area contributed by atoms with Crippen molar-refractivity contribution in [1.29, 1.82) is 0 Å². The Morgan fingerprint density at radius 3 is 2.77 bits per heavy atom. The van der Waals surface area contributed by atoms with Gasteiger partial charge in [0.15, 0.2) is 0 Å². The van der Waals surface area contributed by atoms with Crippen LogP contribution in [0.25, 0.3) is 0 Å². The number of aliphatic hydroxyl groups is 1. The Bertz CT molecular complexity index is 141. The normalized spacial score (nSPS) is 12.2. The van der Waals surface area contributed by atoms with E-state index in [1.54, 1.807) is 7.05 Å². The van der Waals surface area contributed by atoms with Gasteiger partial charge in [-0.25, -0.2) is 4.79 Å². The molecule has 0 rings (SSSR count). The smallest absolute Gasteiger partial charge is 0.314 e. The zero-order chi connectivity index (χ0) is 10.1. The minimum atomic E-state index is -0.403. The number of carbonyl (C=O) groups is 1. The standard InChI is InChI=1S/C8H19N3O2/c1-10-8(13)11-5-3-2-4-7(12)6-9/h7,12H,2-6,9H2,1H3,(H2,10,11,13). The fraction of sp³-hybridized carbons (Fsp3) is 0.875. The van der Waals surface area contributed by atoms with E-state index in [1.807, 2.05) is 0 Å². The molecule has 0 aromatic carbocycles. The van der Waals surface area contributed by atoms with E-state index in [4.69, 9.17) is 10.8 Å². The molecule has 0 aliphatic rings. The average Bonchev–Trinajstić information content (AvgIpc) is 2.16. The minimum Gasteiger partial charge on any atom is -0.392 e. The van der Waals surface area contributed by atoms with Gasteiger partial charge in [-0.05, 0) is 19.3 Å². The number of carbonyl (C=O) groups excluding carboxylic acids is 1. The van der Waals surface area contributed by atoms with E-state index in [9.17, 15) is 4.79 Å². The monoisotopic (exact) mass is 189 g/mol. The number of nitrogens with two attached hydrogens (primary N) is 1. The van der Waals surface area contributed by atoms with Crippen molar-refractivity contribution in [2.75, 3.05) is 20.1 Å². The van der Waals surface area contributed by atoms with Crippen LogP contribution in [-0.4, -0.2) is 37.4 Å². The largest absolute Gasteiger partial charge is 0.392 e. The van der Waals surface area contributed by atoms with Gasteiger partial charge in [0.25, 0.3) is 0 Å². The highest BCUT2D eigenvalue weighted by atomic mass is 16.3. The number of aliphatic hydroxyl groups excluding tert-OH is 1. The number of nitrogens with one attached hydrogen (secondary N) is 2. The number of hydrogen-bond donors (Lipinski definition) is 4. The quantitative estimate of drug-likeness (QED) is 0.421. The van der Waals surface area contributed by atoms with Crippen LogP contribution in [0.5, 0.6) is 0 Å². The SMILES string of the molecule is CNC(=O)NCCCCC(O)CN. The zero-order valence-corrected chi connectivity index (χ0v) is 8.05. The molecule has 0 heterocycles. The van der Waals surface area contributed by atoms with E-state index in [1.165, 1.54) is 0 Å². The minimum absolute atomic E-state index is 0.167. The molecule has 0 aliphatic carbocycles. The van der Waals surface area contributed by atoms with Gasteiger partial charge in [0.2, 0.25) is 0 Å². The molecule has 0 saturated carbocycles. The van der Waals surface area contributed by atoms with Gasteiger partial charge in [-0.2, -0.15) is 0 Å². The van der Waals surface area contributed by atoms with Crippen LogP contribution in [0.2, 0.25) is 0 Å². The summed E-state index contributed by atoms with van der Waals surface area (Å²) in [5.74, 6) is 0. The van der Waals surface area contributed by atoms with Gasteiger partial charge in [0.1, 0.15) is 0 Å². The average molecular weight is 189 g/mol. The Balaban J connectivity index is 3.12. The summed E-state index contributed by atoms with van der Waals surface area (Å²) in [6.45, 7) is 0.944. The molecule has 0 radical (unpaired) electrons. The van der Waals surface area contributed by atoms with Crippen LogP contribution in [-0.2, 0) is 0 Å². The molecule has 0 bridgehead atoms. The molecule has 0 aliphatic heterocycles. The highest BCUT2D eigenvalue weighted by molar-refractivity contribution is 5.73. The third-order valence-electron chi connectivity index (χ3n) is 1.75. The molecule has 5 nitrogen and oxygen atoms in total. The first kappa shape index (κ1) is 12.2. The third-order valence-corrected chi connectivity index (χ3v) is 1.75. The van der Waals surface area contributed by atoms with Crippen molar-refractivity contribution >= 4 is 6.03 Å². The Labute approximate surface area is 78.7 Å². The lowest BCUT2D eigenvalue weighted by molar-refractivity contribution is 0.169. The van der Waals surface area contributed by atoms with Crippen molar-refractivity contribution in [2.24, 2.45) is 5.73 Å². The second-order valence-electron chi connectivity index (χ2n) is 2.89. The van der Waals surface area contributed by atoms with Gasteiger partial charge < -0.3 is 21.5 Å². The van der Waals surface area contributed by atoms with Gasteiger partial charge in [-0.1, -0.05) is 0 Å². The molecule has 2 amide bonds. The van der Waals surface area contributed by atoms with E-state index in [0.29, 0.717) is 19.5 Å². The number of hydrogen-bond acceptors (Lipinski definition) is 3. The molecular formula is C8H19N3O2. The lowest BCUT2D eigenvalue weighted by Gasteiger charge is -2.07. The Hall–Kier alpha value is -0.810. The van der Waals surface area contributed by atoms with E-state index in [2.05, 4.69) is 10.6 Å². The first-order valence-corrected chi connectivity index (χ1v) is 4.54. The molecule has 0 saturated heterocycles. The topological polar surface area (TPSA) is 87.4 Å². The van der Waals surface area contributed by atoms with E-state index in [-0.39, 0.29) is 6.03 Å². The van der Waals surface area contributed by atoms with Gasteiger partial charge in [-0.15, -0.1) is 0 Å². The van der Waals surface area contributed by atoms with Crippen LogP contribution in [0.15, 0.2) is 0 Å². The molecule has 5 heteroatoms. The van der Waals surface area contributed by atoms with Gasteiger partial charge in [0, 0.05) is 20.1 Å². The molecule has 13 heavy (non-hydrogen) atoms. The van der Waals surface area contributed by atoms with Gasteiger partial charge >= 0.3 is 6.03 Å². The van der Waals surface area contributed by atoms with E-state index >= 15 is 0 Å². The van der Waals surface area contributed by atoms with Gasteiger partial charge in [0.05, 0.1) is 6.10 Å². The van der Waals surface area contributed by atoms with Crippen LogP contribution in [0, 0.1) is 0 Å². The lowest BCUT2D eigenvalue weighted by Crippen LogP contribution is -2.33. The highest BCUT2D eigenvalue weighted by Crippen LogP contribution is 1.98. The van der Waals surface area contributed by atoms with Crippen molar-refractivity contribution in [1.82, 2.24) is 10.6 Å². The molecule has 1 unspecified atom stereocenters. The van der Waals surface area contributed by atoms with Crippen molar-refractivity contribution in [3.05, 3.63) is 0 Å². The fourth-order valence-corrected chi connectivity index (χ4v) is 0.913. The summed E-state index contributed by atoms with van der Waals surface area (Å²) in [6, 6.07) is -0.167. The summed E-state index contributed by atoms with van der Waals surface area (Å²) >= 11 is 0. The molecule has 1 atom stereocenters. The molecule has 0 fully saturated rings. The Kier molecular flexibility index (Phi) is 7.33. The van der Waals surface area contributed by atoms with Crippen LogP contribution < -0.4 is 16.4 Å². The fourth-order valence-electron chi connectivity index (χ4n) is 0.913. The van der Waals surface area contributed by atoms with E-state index in [0.717, 1.165) is 12.8 Å². The summed E-state index contributed by atoms with van der Waals surface area (Å²) in [4.78, 5) is 10.7. The first-order chi connectivity index (χ1) is 6.20. The molecule has 0 aromatic rings. The van der Waals surface area contributed by atoms with Crippen molar-refractivity contribution in [2.45, 2.75) is 25.4 Å². The summed E-state index contributed by atoms with van der Waals surface area (Å²) < 4.78 is 0.